The summed E-state index contributed by atoms with van der Waals surface area (Å²) < 4.78 is 0. The molecule has 2 nitrogen and oxygen atoms in total. The van der Waals surface area contributed by atoms with Crippen LogP contribution >= 0.6 is 0 Å². The molecular weight excluding hydrogens is 174 g/mol. The summed E-state index contributed by atoms with van der Waals surface area (Å²) in [5.74, 6) is 0.265. The van der Waals surface area contributed by atoms with Crippen molar-refractivity contribution in [1.82, 2.24) is 4.90 Å². The highest BCUT2D eigenvalue weighted by molar-refractivity contribution is 5.88. The van der Waals surface area contributed by atoms with E-state index in [1.165, 1.54) is 37.7 Å². The molecular formula is C12H19NO. The normalized spacial score (nSPS) is 22.6. The Bertz CT molecular complexity index is 231. The summed E-state index contributed by atoms with van der Waals surface area (Å²) in [6, 6.07) is 0. The number of nitrogens with zero attached hydrogens (tertiary/aromatic N) is 1. The molecule has 0 aromatic heterocycles. The number of piperidine rings is 1. The van der Waals surface area contributed by atoms with Gasteiger partial charge in [-0.2, -0.15) is 0 Å². The van der Waals surface area contributed by atoms with Gasteiger partial charge in [0.1, 0.15) is 0 Å². The van der Waals surface area contributed by atoms with E-state index in [9.17, 15) is 4.79 Å². The lowest BCUT2D eigenvalue weighted by atomic mass is 10.1. The topological polar surface area (TPSA) is 20.3 Å². The Hall–Kier alpha value is -0.790. The zero-order chi connectivity index (χ0) is 9.80. The van der Waals surface area contributed by atoms with Crippen molar-refractivity contribution in [3.8, 4) is 0 Å². The van der Waals surface area contributed by atoms with Crippen molar-refractivity contribution in [3.05, 3.63) is 11.6 Å². The third-order valence-electron chi connectivity index (χ3n) is 3.24. The van der Waals surface area contributed by atoms with E-state index < -0.39 is 0 Å². The number of rotatable bonds is 1. The first-order valence-electron chi connectivity index (χ1n) is 5.84. The fourth-order valence-corrected chi connectivity index (χ4v) is 2.35. The Morgan fingerprint density at radius 2 is 1.64 bits per heavy atom. The van der Waals surface area contributed by atoms with Crippen LogP contribution in [0.4, 0.5) is 0 Å². The Labute approximate surface area is 86.0 Å². The number of carbonyl (C=O) groups is 1. The number of allylic oxidation sites excluding steroid dienone is 1. The van der Waals surface area contributed by atoms with Crippen molar-refractivity contribution in [1.29, 1.82) is 0 Å². The molecule has 0 bridgehead atoms. The average Bonchev–Trinajstić information content (AvgIpc) is 2.72. The number of carbonyl (C=O) groups excluding carboxylic acids is 1. The molecule has 2 heteroatoms. The highest BCUT2D eigenvalue weighted by atomic mass is 16.2. The van der Waals surface area contributed by atoms with Gasteiger partial charge in [0, 0.05) is 19.2 Å². The lowest BCUT2D eigenvalue weighted by Gasteiger charge is -2.25. The molecule has 0 radical (unpaired) electrons. The largest absolute Gasteiger partial charge is 0.339 e. The predicted molar refractivity (Wildman–Crippen MR) is 57.0 cm³/mol. The third-order valence-corrected chi connectivity index (χ3v) is 3.24. The zero-order valence-corrected chi connectivity index (χ0v) is 8.80. The van der Waals surface area contributed by atoms with Crippen LogP contribution in [-0.4, -0.2) is 23.9 Å². The molecule has 78 valence electrons. The molecule has 0 aromatic rings. The summed E-state index contributed by atoms with van der Waals surface area (Å²) in [5, 5.41) is 0. The van der Waals surface area contributed by atoms with E-state index >= 15 is 0 Å². The summed E-state index contributed by atoms with van der Waals surface area (Å²) >= 11 is 0. The summed E-state index contributed by atoms with van der Waals surface area (Å²) in [5.41, 5.74) is 1.38. The lowest BCUT2D eigenvalue weighted by Crippen LogP contribution is -2.34. The molecule has 1 aliphatic heterocycles. The van der Waals surface area contributed by atoms with Crippen LogP contribution < -0.4 is 0 Å². The van der Waals surface area contributed by atoms with Crippen molar-refractivity contribution < 1.29 is 4.79 Å². The molecule has 1 heterocycles. The first-order valence-corrected chi connectivity index (χ1v) is 5.84. The monoisotopic (exact) mass is 193 g/mol. The molecule has 0 unspecified atom stereocenters. The van der Waals surface area contributed by atoms with Crippen molar-refractivity contribution in [2.24, 2.45) is 0 Å². The quantitative estimate of drug-likeness (QED) is 0.586. The van der Waals surface area contributed by atoms with Gasteiger partial charge in [-0.3, -0.25) is 4.79 Å². The van der Waals surface area contributed by atoms with E-state index in [1.54, 1.807) is 0 Å². The van der Waals surface area contributed by atoms with Gasteiger partial charge in [-0.05, 0) is 44.9 Å². The second-order valence-electron chi connectivity index (χ2n) is 4.40. The molecule has 0 aromatic carbocycles. The van der Waals surface area contributed by atoms with Crippen LogP contribution in [0.1, 0.15) is 44.9 Å². The molecule has 0 spiro atoms. The fraction of sp³-hybridized carbons (Fsp3) is 0.750. The van der Waals surface area contributed by atoms with Gasteiger partial charge < -0.3 is 4.90 Å². The van der Waals surface area contributed by atoms with E-state index in [-0.39, 0.29) is 5.91 Å². The Kier molecular flexibility index (Phi) is 3.22. The predicted octanol–water partition coefficient (Wildman–Crippen LogP) is 2.50. The van der Waals surface area contributed by atoms with Crippen LogP contribution in [0.15, 0.2) is 11.6 Å². The van der Waals surface area contributed by atoms with E-state index in [1.807, 2.05) is 11.0 Å². The van der Waals surface area contributed by atoms with E-state index in [4.69, 9.17) is 0 Å². The second kappa shape index (κ2) is 4.63. The molecule has 1 amide bonds. The lowest BCUT2D eigenvalue weighted by molar-refractivity contribution is -0.126. The van der Waals surface area contributed by atoms with Gasteiger partial charge in [-0.1, -0.05) is 5.57 Å². The molecule has 2 fully saturated rings. The minimum absolute atomic E-state index is 0.265. The minimum Gasteiger partial charge on any atom is -0.339 e. The Balaban J connectivity index is 1.90. The highest BCUT2D eigenvalue weighted by Crippen LogP contribution is 2.24. The van der Waals surface area contributed by atoms with Gasteiger partial charge in [0.05, 0.1) is 0 Å². The summed E-state index contributed by atoms with van der Waals surface area (Å²) in [7, 11) is 0. The maximum absolute atomic E-state index is 11.8. The standard InChI is InChI=1S/C12H19NO/c14-12(10-11-6-2-3-7-11)13-8-4-1-5-9-13/h10H,1-9H2. The van der Waals surface area contributed by atoms with Crippen LogP contribution in [0.3, 0.4) is 0 Å². The molecule has 0 N–H and O–H groups in total. The fourth-order valence-electron chi connectivity index (χ4n) is 2.35. The second-order valence-corrected chi connectivity index (χ2v) is 4.40. The molecule has 2 rings (SSSR count). The van der Waals surface area contributed by atoms with Crippen LogP contribution in [-0.2, 0) is 4.79 Å². The zero-order valence-electron chi connectivity index (χ0n) is 8.80. The first kappa shape index (κ1) is 9.75. The number of hydrogen-bond acceptors (Lipinski definition) is 1. The highest BCUT2D eigenvalue weighted by Gasteiger charge is 2.16. The SMILES string of the molecule is O=C(C=C1CCCC1)N1CCCCC1. The third kappa shape index (κ3) is 2.37. The molecule has 14 heavy (non-hydrogen) atoms. The number of hydrogen-bond donors (Lipinski definition) is 0. The molecule has 1 saturated carbocycles. The van der Waals surface area contributed by atoms with Gasteiger partial charge in [0.2, 0.25) is 5.91 Å². The first-order chi connectivity index (χ1) is 6.86. The minimum atomic E-state index is 0.265. The van der Waals surface area contributed by atoms with Crippen LogP contribution in [0.2, 0.25) is 0 Å². The summed E-state index contributed by atoms with van der Waals surface area (Å²) in [6.45, 7) is 1.95. The maximum Gasteiger partial charge on any atom is 0.246 e. The van der Waals surface area contributed by atoms with E-state index in [0.717, 1.165) is 25.9 Å². The van der Waals surface area contributed by atoms with Crippen molar-refractivity contribution in [3.63, 3.8) is 0 Å². The van der Waals surface area contributed by atoms with Gasteiger partial charge in [0.15, 0.2) is 0 Å². The van der Waals surface area contributed by atoms with Crippen LogP contribution in [0.5, 0.6) is 0 Å². The van der Waals surface area contributed by atoms with Gasteiger partial charge in [-0.15, -0.1) is 0 Å². The van der Waals surface area contributed by atoms with E-state index in [0.29, 0.717) is 0 Å². The molecule has 0 atom stereocenters. The summed E-state index contributed by atoms with van der Waals surface area (Å²) in [4.78, 5) is 13.8. The maximum atomic E-state index is 11.8. The van der Waals surface area contributed by atoms with Gasteiger partial charge in [0.25, 0.3) is 0 Å². The van der Waals surface area contributed by atoms with Crippen LogP contribution in [0, 0.1) is 0 Å². The van der Waals surface area contributed by atoms with Crippen LogP contribution in [0.25, 0.3) is 0 Å². The van der Waals surface area contributed by atoms with E-state index in [2.05, 4.69) is 0 Å². The van der Waals surface area contributed by atoms with Crippen molar-refractivity contribution in [2.75, 3.05) is 13.1 Å². The number of amides is 1. The van der Waals surface area contributed by atoms with Crippen molar-refractivity contribution in [2.45, 2.75) is 44.9 Å². The van der Waals surface area contributed by atoms with Gasteiger partial charge >= 0.3 is 0 Å². The average molecular weight is 193 g/mol. The molecule has 2 aliphatic rings. The number of likely N-dealkylation sites (tertiary alicyclic amines) is 1. The molecule has 1 saturated heterocycles. The summed E-state index contributed by atoms with van der Waals surface area (Å²) in [6.07, 6.45) is 10.4. The van der Waals surface area contributed by atoms with Gasteiger partial charge in [-0.25, -0.2) is 0 Å². The Morgan fingerprint density at radius 1 is 1.00 bits per heavy atom. The Morgan fingerprint density at radius 3 is 2.29 bits per heavy atom. The smallest absolute Gasteiger partial charge is 0.246 e. The molecule has 1 aliphatic carbocycles. The van der Waals surface area contributed by atoms with Crippen molar-refractivity contribution >= 4 is 5.91 Å².